The van der Waals surface area contributed by atoms with Crippen LogP contribution in [0.3, 0.4) is 0 Å². The van der Waals surface area contributed by atoms with Crippen LogP contribution in [-0.2, 0) is 9.47 Å². The average molecular weight is 371 g/mol. The molecule has 0 unspecified atom stereocenters. The Morgan fingerprint density at radius 3 is 1.96 bits per heavy atom. The van der Waals surface area contributed by atoms with E-state index in [-0.39, 0.29) is 6.04 Å². The third-order valence-electron chi connectivity index (χ3n) is 4.07. The highest BCUT2D eigenvalue weighted by atomic mass is 16.6. The Bertz CT molecular complexity index is 733. The van der Waals surface area contributed by atoms with Crippen LogP contribution in [-0.4, -0.2) is 24.4 Å². The Hall–Kier alpha value is -2.53. The molecule has 0 spiro atoms. The van der Waals surface area contributed by atoms with Crippen molar-refractivity contribution in [2.75, 3.05) is 7.11 Å². The molecule has 2 aromatic carbocycles. The van der Waals surface area contributed by atoms with Crippen LogP contribution in [0, 0.1) is 0 Å². The lowest BCUT2D eigenvalue weighted by Crippen LogP contribution is -2.45. The van der Waals surface area contributed by atoms with E-state index in [1.807, 2.05) is 89.2 Å². The van der Waals surface area contributed by atoms with E-state index in [0.717, 1.165) is 17.1 Å². The van der Waals surface area contributed by atoms with E-state index in [1.165, 1.54) is 0 Å². The zero-order valence-electron chi connectivity index (χ0n) is 16.9. The van der Waals surface area contributed by atoms with Crippen LogP contribution in [0.15, 0.2) is 54.6 Å². The fourth-order valence-corrected chi connectivity index (χ4v) is 2.55. The maximum absolute atomic E-state index is 12.3. The van der Waals surface area contributed by atoms with Gasteiger partial charge in [0.05, 0.1) is 11.6 Å². The van der Waals surface area contributed by atoms with E-state index in [9.17, 15) is 4.79 Å². The number of benzene rings is 2. The first-order chi connectivity index (χ1) is 12.6. The number of carbonyl (C=O) groups excluding carboxylic acids is 1. The summed E-state index contributed by atoms with van der Waals surface area (Å²) in [7, 11) is 1.62. The van der Waals surface area contributed by atoms with Gasteiger partial charge in [0, 0.05) is 7.11 Å². The summed E-state index contributed by atoms with van der Waals surface area (Å²) in [5, 5.41) is 2.92. The molecule has 146 valence electrons. The predicted molar refractivity (Wildman–Crippen MR) is 106 cm³/mol. The molecule has 0 aliphatic carbocycles. The highest BCUT2D eigenvalue weighted by Gasteiger charge is 2.33. The zero-order valence-corrected chi connectivity index (χ0v) is 16.9. The lowest BCUT2D eigenvalue weighted by atomic mass is 9.91. The molecule has 0 saturated heterocycles. The topological polar surface area (TPSA) is 56.8 Å². The standard InChI is InChI=1S/C22H29NO4/c1-21(2,3)27-20(24)23-19(22(4,5)25-6)16-12-14-18(15-13-16)26-17-10-8-7-9-11-17/h7-15,19H,1-6H3,(H,23,24)/t19-/m1/s1. The summed E-state index contributed by atoms with van der Waals surface area (Å²) in [6.45, 7) is 9.34. The molecule has 0 radical (unpaired) electrons. The van der Waals surface area contributed by atoms with Crippen molar-refractivity contribution in [3.05, 3.63) is 60.2 Å². The highest BCUT2D eigenvalue weighted by molar-refractivity contribution is 5.68. The fourth-order valence-electron chi connectivity index (χ4n) is 2.55. The molecule has 0 fully saturated rings. The first-order valence-electron chi connectivity index (χ1n) is 8.98. The summed E-state index contributed by atoms with van der Waals surface area (Å²) >= 11 is 0. The number of para-hydroxylation sites is 1. The third kappa shape index (κ3) is 6.29. The number of ether oxygens (including phenoxy) is 3. The molecule has 0 aliphatic rings. The van der Waals surface area contributed by atoms with Gasteiger partial charge in [0.15, 0.2) is 0 Å². The minimum absolute atomic E-state index is 0.386. The molecule has 1 N–H and O–H groups in total. The number of methoxy groups -OCH3 is 1. The van der Waals surface area contributed by atoms with Crippen molar-refractivity contribution in [1.82, 2.24) is 5.32 Å². The Labute approximate surface area is 161 Å². The molecule has 0 bridgehead atoms. The Morgan fingerprint density at radius 1 is 0.889 bits per heavy atom. The summed E-state index contributed by atoms with van der Waals surface area (Å²) in [6, 6.07) is 16.8. The van der Waals surface area contributed by atoms with Crippen LogP contribution >= 0.6 is 0 Å². The summed E-state index contributed by atoms with van der Waals surface area (Å²) < 4.78 is 16.8. The highest BCUT2D eigenvalue weighted by Crippen LogP contribution is 2.31. The molecule has 0 aliphatic heterocycles. The number of hydrogen-bond acceptors (Lipinski definition) is 4. The predicted octanol–water partition coefficient (Wildman–Crippen LogP) is 5.47. The molecule has 1 amide bonds. The van der Waals surface area contributed by atoms with Gasteiger partial charge in [-0.25, -0.2) is 4.79 Å². The van der Waals surface area contributed by atoms with Crippen molar-refractivity contribution in [2.45, 2.75) is 51.9 Å². The second-order valence-electron chi connectivity index (χ2n) is 7.87. The lowest BCUT2D eigenvalue weighted by molar-refractivity contribution is -0.0171. The van der Waals surface area contributed by atoms with Crippen molar-refractivity contribution in [3.63, 3.8) is 0 Å². The SMILES string of the molecule is COC(C)(C)[C@H](NC(=O)OC(C)(C)C)c1ccc(Oc2ccccc2)cc1. The smallest absolute Gasteiger partial charge is 0.408 e. The van der Waals surface area contributed by atoms with Gasteiger partial charge in [-0.1, -0.05) is 30.3 Å². The first-order valence-corrected chi connectivity index (χ1v) is 8.98. The summed E-state index contributed by atoms with van der Waals surface area (Å²) in [5.41, 5.74) is -0.300. The van der Waals surface area contributed by atoms with E-state index >= 15 is 0 Å². The molecule has 0 saturated carbocycles. The van der Waals surface area contributed by atoms with Crippen molar-refractivity contribution >= 4 is 6.09 Å². The lowest BCUT2D eigenvalue weighted by Gasteiger charge is -2.34. The summed E-state index contributed by atoms with van der Waals surface area (Å²) in [5.74, 6) is 1.49. The van der Waals surface area contributed by atoms with Crippen LogP contribution in [0.25, 0.3) is 0 Å². The van der Waals surface area contributed by atoms with E-state index in [4.69, 9.17) is 14.2 Å². The van der Waals surface area contributed by atoms with Gasteiger partial charge < -0.3 is 19.5 Å². The summed E-state index contributed by atoms with van der Waals surface area (Å²) in [4.78, 5) is 12.3. The van der Waals surface area contributed by atoms with Gasteiger partial charge in [0.2, 0.25) is 0 Å². The fraction of sp³-hybridized carbons (Fsp3) is 0.409. The maximum Gasteiger partial charge on any atom is 0.408 e. The van der Waals surface area contributed by atoms with Crippen molar-refractivity contribution in [3.8, 4) is 11.5 Å². The quantitative estimate of drug-likeness (QED) is 0.731. The monoisotopic (exact) mass is 371 g/mol. The van der Waals surface area contributed by atoms with Gasteiger partial charge in [-0.15, -0.1) is 0 Å². The second-order valence-corrected chi connectivity index (χ2v) is 7.87. The second kappa shape index (κ2) is 8.44. The molecule has 5 heteroatoms. The van der Waals surface area contributed by atoms with E-state index in [0.29, 0.717) is 0 Å². The molecular weight excluding hydrogens is 342 g/mol. The normalized spacial score (nSPS) is 13.0. The van der Waals surface area contributed by atoms with E-state index in [1.54, 1.807) is 7.11 Å². The Balaban J connectivity index is 2.18. The van der Waals surface area contributed by atoms with E-state index in [2.05, 4.69) is 5.32 Å². The maximum atomic E-state index is 12.3. The number of amides is 1. The largest absolute Gasteiger partial charge is 0.457 e. The Kier molecular flexibility index (Phi) is 6.50. The van der Waals surface area contributed by atoms with Gasteiger partial charge in [-0.05, 0) is 64.4 Å². The number of carbonyl (C=O) groups is 1. The zero-order chi connectivity index (χ0) is 20.1. The van der Waals surface area contributed by atoms with Crippen LogP contribution < -0.4 is 10.1 Å². The van der Waals surface area contributed by atoms with E-state index < -0.39 is 17.3 Å². The van der Waals surface area contributed by atoms with Crippen LogP contribution in [0.5, 0.6) is 11.5 Å². The first kappa shape index (κ1) is 20.8. The van der Waals surface area contributed by atoms with Crippen LogP contribution in [0.4, 0.5) is 4.79 Å². The van der Waals surface area contributed by atoms with Crippen LogP contribution in [0.2, 0.25) is 0 Å². The van der Waals surface area contributed by atoms with Gasteiger partial charge in [-0.2, -0.15) is 0 Å². The molecular formula is C22H29NO4. The number of alkyl carbamates (subject to hydrolysis) is 1. The van der Waals surface area contributed by atoms with Crippen molar-refractivity contribution in [2.24, 2.45) is 0 Å². The van der Waals surface area contributed by atoms with Gasteiger partial charge in [-0.3, -0.25) is 0 Å². The summed E-state index contributed by atoms with van der Waals surface area (Å²) in [6.07, 6.45) is -0.484. The van der Waals surface area contributed by atoms with Gasteiger partial charge in [0.25, 0.3) is 0 Å². The van der Waals surface area contributed by atoms with Crippen LogP contribution in [0.1, 0.15) is 46.2 Å². The average Bonchev–Trinajstić information content (AvgIpc) is 2.60. The molecule has 0 heterocycles. The van der Waals surface area contributed by atoms with Crippen molar-refractivity contribution in [1.29, 1.82) is 0 Å². The number of nitrogens with one attached hydrogen (secondary N) is 1. The van der Waals surface area contributed by atoms with Crippen molar-refractivity contribution < 1.29 is 19.0 Å². The third-order valence-corrected chi connectivity index (χ3v) is 4.07. The minimum atomic E-state index is -0.626. The molecule has 5 nitrogen and oxygen atoms in total. The molecule has 1 atom stereocenters. The molecule has 0 aromatic heterocycles. The van der Waals surface area contributed by atoms with Gasteiger partial charge >= 0.3 is 6.09 Å². The Morgan fingerprint density at radius 2 is 1.44 bits per heavy atom. The van der Waals surface area contributed by atoms with Gasteiger partial charge in [0.1, 0.15) is 17.1 Å². The molecule has 2 rings (SSSR count). The number of rotatable bonds is 6. The minimum Gasteiger partial charge on any atom is -0.457 e. The number of hydrogen-bond donors (Lipinski definition) is 1. The molecule has 2 aromatic rings. The molecule has 27 heavy (non-hydrogen) atoms.